The summed E-state index contributed by atoms with van der Waals surface area (Å²) in [6, 6.07) is 15.9. The Hall–Kier alpha value is -2.14. The van der Waals surface area contributed by atoms with Crippen LogP contribution in [-0.2, 0) is 6.54 Å². The fraction of sp³-hybridized carbons (Fsp3) is 0.294. The smallest absolute Gasteiger partial charge is 0.509 e. The van der Waals surface area contributed by atoms with Crippen molar-refractivity contribution in [3.8, 4) is 17.2 Å². The molecule has 1 aliphatic rings. The fourth-order valence-electron chi connectivity index (χ4n) is 2.55. The Bertz CT molecular complexity index is 593. The lowest BCUT2D eigenvalue weighted by Gasteiger charge is -2.22. The predicted molar refractivity (Wildman–Crippen MR) is 87.1 cm³/mol. The molecule has 0 fully saturated rings. The van der Waals surface area contributed by atoms with Gasteiger partial charge in [-0.25, -0.2) is 0 Å². The van der Waals surface area contributed by atoms with Crippen molar-refractivity contribution >= 4 is 7.25 Å². The Balaban J connectivity index is 1.70. The minimum atomic E-state index is -0.362. The molecular formula is C17H20BNO3. The van der Waals surface area contributed by atoms with Gasteiger partial charge < -0.3 is 14.0 Å². The molecule has 1 aliphatic heterocycles. The van der Waals surface area contributed by atoms with Crippen molar-refractivity contribution in [3.63, 3.8) is 0 Å². The average molecular weight is 297 g/mol. The fourth-order valence-corrected chi connectivity index (χ4v) is 2.55. The number of para-hydroxylation sites is 2. The van der Waals surface area contributed by atoms with Crippen molar-refractivity contribution in [2.75, 3.05) is 13.7 Å². The Morgan fingerprint density at radius 2 is 1.64 bits per heavy atom. The molecule has 0 aromatic heterocycles. The largest absolute Gasteiger partial charge is 0.701 e. The quantitative estimate of drug-likeness (QED) is 0.765. The molecule has 0 radical (unpaired) electrons. The molecule has 0 N–H and O–H groups in total. The molecule has 0 saturated carbocycles. The summed E-state index contributed by atoms with van der Waals surface area (Å²) in [6.45, 7) is 3.84. The van der Waals surface area contributed by atoms with Crippen LogP contribution in [0.5, 0.6) is 17.2 Å². The van der Waals surface area contributed by atoms with E-state index in [0.717, 1.165) is 36.8 Å². The lowest BCUT2D eigenvalue weighted by Crippen LogP contribution is -2.46. The number of fused-ring (bicyclic) bond motifs is 1. The summed E-state index contributed by atoms with van der Waals surface area (Å²) in [4.78, 5) is 2.20. The van der Waals surface area contributed by atoms with E-state index >= 15 is 0 Å². The maximum atomic E-state index is 5.92. The first-order valence-electron chi connectivity index (χ1n) is 7.59. The molecule has 22 heavy (non-hydrogen) atoms. The van der Waals surface area contributed by atoms with E-state index in [1.54, 1.807) is 7.11 Å². The van der Waals surface area contributed by atoms with Crippen molar-refractivity contribution in [2.24, 2.45) is 0 Å². The second-order valence-corrected chi connectivity index (χ2v) is 5.31. The minimum Gasteiger partial charge on any atom is -0.509 e. The summed E-state index contributed by atoms with van der Waals surface area (Å²) < 4.78 is 17.0. The molecule has 114 valence electrons. The van der Waals surface area contributed by atoms with Gasteiger partial charge in [-0.3, -0.25) is 4.81 Å². The van der Waals surface area contributed by atoms with Crippen LogP contribution in [-0.4, -0.2) is 25.7 Å². The Labute approximate surface area is 131 Å². The Morgan fingerprint density at radius 1 is 1.00 bits per heavy atom. The molecule has 3 rings (SSSR count). The Kier molecular flexibility index (Phi) is 4.54. The number of rotatable bonds is 6. The van der Waals surface area contributed by atoms with Crippen LogP contribution in [0.25, 0.3) is 0 Å². The van der Waals surface area contributed by atoms with E-state index in [1.165, 1.54) is 5.56 Å². The van der Waals surface area contributed by atoms with Crippen LogP contribution in [0.15, 0.2) is 48.5 Å². The number of ether oxygens (including phenoxy) is 1. The summed E-state index contributed by atoms with van der Waals surface area (Å²) in [5.74, 6) is 2.48. The molecule has 0 atom stereocenters. The molecule has 0 amide bonds. The van der Waals surface area contributed by atoms with E-state index in [-0.39, 0.29) is 7.25 Å². The van der Waals surface area contributed by atoms with E-state index in [2.05, 4.69) is 23.9 Å². The van der Waals surface area contributed by atoms with Crippen molar-refractivity contribution in [3.05, 3.63) is 54.1 Å². The van der Waals surface area contributed by atoms with E-state index in [0.29, 0.717) is 0 Å². The van der Waals surface area contributed by atoms with Gasteiger partial charge in [0.05, 0.1) is 7.11 Å². The molecule has 5 heteroatoms. The maximum absolute atomic E-state index is 5.92. The zero-order valence-electron chi connectivity index (χ0n) is 13.0. The highest BCUT2D eigenvalue weighted by Gasteiger charge is 2.38. The zero-order valence-corrected chi connectivity index (χ0v) is 13.0. The number of hydrogen-bond acceptors (Lipinski definition) is 4. The first-order valence-corrected chi connectivity index (χ1v) is 7.59. The highest BCUT2D eigenvalue weighted by atomic mass is 16.6. The summed E-state index contributed by atoms with van der Waals surface area (Å²) in [7, 11) is 1.31. The van der Waals surface area contributed by atoms with Crippen LogP contribution in [0.1, 0.15) is 18.9 Å². The van der Waals surface area contributed by atoms with Crippen LogP contribution >= 0.6 is 0 Å². The summed E-state index contributed by atoms with van der Waals surface area (Å²) >= 11 is 0. The first kappa shape index (κ1) is 14.8. The summed E-state index contributed by atoms with van der Waals surface area (Å²) in [5, 5.41) is 0. The lowest BCUT2D eigenvalue weighted by molar-refractivity contribution is 0.311. The van der Waals surface area contributed by atoms with Crippen LogP contribution in [0.4, 0.5) is 0 Å². The normalized spacial score (nSPS) is 12.8. The summed E-state index contributed by atoms with van der Waals surface area (Å²) in [6.07, 6.45) is 1.04. The van der Waals surface area contributed by atoms with E-state index < -0.39 is 0 Å². The van der Waals surface area contributed by atoms with Gasteiger partial charge in [-0.15, -0.1) is 0 Å². The van der Waals surface area contributed by atoms with Gasteiger partial charge in [-0.05, 0) is 42.8 Å². The SMILES string of the molecule is CCCN(Cc1ccc(OC)cc1)B1Oc2ccccc2O1. The van der Waals surface area contributed by atoms with Crippen molar-refractivity contribution in [1.29, 1.82) is 0 Å². The standard InChI is InChI=1S/C17H20BNO3/c1-3-12-19(13-14-8-10-15(20-2)11-9-14)18-21-16-6-4-5-7-17(16)22-18/h4-11H,3,12-13H2,1-2H3. The third kappa shape index (κ3) is 3.20. The molecule has 2 aromatic rings. The van der Waals surface area contributed by atoms with Gasteiger partial charge in [-0.1, -0.05) is 31.2 Å². The maximum Gasteiger partial charge on any atom is 0.701 e. The molecular weight excluding hydrogens is 277 g/mol. The summed E-state index contributed by atoms with van der Waals surface area (Å²) in [5.41, 5.74) is 1.21. The van der Waals surface area contributed by atoms with Crippen molar-refractivity contribution in [1.82, 2.24) is 4.81 Å². The van der Waals surface area contributed by atoms with E-state index in [4.69, 9.17) is 14.0 Å². The average Bonchev–Trinajstić information content (AvgIpc) is 2.99. The third-order valence-corrected chi connectivity index (χ3v) is 3.66. The molecule has 0 unspecified atom stereocenters. The molecule has 1 heterocycles. The first-order chi connectivity index (χ1) is 10.8. The van der Waals surface area contributed by atoms with Gasteiger partial charge in [0.15, 0.2) is 0 Å². The number of methoxy groups -OCH3 is 1. The van der Waals surface area contributed by atoms with Crippen LogP contribution in [0.3, 0.4) is 0 Å². The number of nitrogens with zero attached hydrogens (tertiary/aromatic N) is 1. The second-order valence-electron chi connectivity index (χ2n) is 5.31. The second kappa shape index (κ2) is 6.75. The molecule has 0 saturated heterocycles. The molecule has 0 spiro atoms. The molecule has 0 aliphatic carbocycles. The highest BCUT2D eigenvalue weighted by Crippen LogP contribution is 2.33. The van der Waals surface area contributed by atoms with Gasteiger partial charge in [0.25, 0.3) is 0 Å². The van der Waals surface area contributed by atoms with E-state index in [9.17, 15) is 0 Å². The molecule has 2 aromatic carbocycles. The number of hydrogen-bond donors (Lipinski definition) is 0. The van der Waals surface area contributed by atoms with Crippen molar-refractivity contribution < 1.29 is 14.0 Å². The topological polar surface area (TPSA) is 30.9 Å². The molecule has 0 bridgehead atoms. The van der Waals surface area contributed by atoms with Gasteiger partial charge in [0.1, 0.15) is 17.2 Å². The van der Waals surface area contributed by atoms with Crippen LogP contribution < -0.4 is 14.0 Å². The monoisotopic (exact) mass is 297 g/mol. The lowest BCUT2D eigenvalue weighted by atomic mass is 10.0. The predicted octanol–water partition coefficient (Wildman–Crippen LogP) is 3.36. The minimum absolute atomic E-state index is 0.362. The van der Waals surface area contributed by atoms with Gasteiger partial charge in [0, 0.05) is 6.54 Å². The van der Waals surface area contributed by atoms with Gasteiger partial charge in [0.2, 0.25) is 0 Å². The van der Waals surface area contributed by atoms with Gasteiger partial charge in [-0.2, -0.15) is 0 Å². The van der Waals surface area contributed by atoms with E-state index in [1.807, 2.05) is 36.4 Å². The molecule has 4 nitrogen and oxygen atoms in total. The Morgan fingerprint density at radius 3 is 2.18 bits per heavy atom. The third-order valence-electron chi connectivity index (χ3n) is 3.66. The van der Waals surface area contributed by atoms with Crippen LogP contribution in [0, 0.1) is 0 Å². The highest BCUT2D eigenvalue weighted by molar-refractivity contribution is 6.44. The van der Waals surface area contributed by atoms with Crippen molar-refractivity contribution in [2.45, 2.75) is 19.9 Å². The number of benzene rings is 2. The zero-order chi connectivity index (χ0) is 15.4. The van der Waals surface area contributed by atoms with Gasteiger partial charge >= 0.3 is 7.25 Å². The van der Waals surface area contributed by atoms with Crippen LogP contribution in [0.2, 0.25) is 0 Å².